The number of unbranched alkanes of at least 4 members (excludes halogenated alkanes) is 1. The number of hydrogen-bond acceptors (Lipinski definition) is 2. The lowest BCUT2D eigenvalue weighted by atomic mass is 10.1. The maximum absolute atomic E-state index is 3.54. The highest BCUT2D eigenvalue weighted by molar-refractivity contribution is 5.62. The molecule has 1 unspecified atom stereocenters. The predicted molar refractivity (Wildman–Crippen MR) is 88.8 cm³/mol. The number of benzene rings is 2. The third-order valence-corrected chi connectivity index (χ3v) is 3.35. The van der Waals surface area contributed by atoms with E-state index in [0.717, 1.165) is 11.4 Å². The van der Waals surface area contributed by atoms with Gasteiger partial charge in [0.15, 0.2) is 0 Å². The third kappa shape index (κ3) is 4.61. The maximum Gasteiger partial charge on any atom is 0.0385 e. The summed E-state index contributed by atoms with van der Waals surface area (Å²) in [6.07, 6.45) is 3.76. The van der Waals surface area contributed by atoms with Gasteiger partial charge in [-0.1, -0.05) is 38.0 Å². The zero-order chi connectivity index (χ0) is 14.2. The summed E-state index contributed by atoms with van der Waals surface area (Å²) in [5, 5.41) is 6.93. The van der Waals surface area contributed by atoms with Gasteiger partial charge in [0, 0.05) is 23.1 Å². The van der Waals surface area contributed by atoms with Crippen molar-refractivity contribution in [2.75, 3.05) is 10.6 Å². The minimum Gasteiger partial charge on any atom is -0.383 e. The molecular formula is C18H24N2. The Bertz CT molecular complexity index is 491. The summed E-state index contributed by atoms with van der Waals surface area (Å²) in [5.41, 5.74) is 3.42. The van der Waals surface area contributed by atoms with Crippen LogP contribution in [0.3, 0.4) is 0 Å². The highest BCUT2D eigenvalue weighted by Crippen LogP contribution is 2.19. The van der Waals surface area contributed by atoms with Crippen LogP contribution in [-0.4, -0.2) is 6.04 Å². The average molecular weight is 268 g/mol. The third-order valence-electron chi connectivity index (χ3n) is 3.35. The van der Waals surface area contributed by atoms with Gasteiger partial charge in [-0.25, -0.2) is 0 Å². The molecule has 0 aromatic heterocycles. The van der Waals surface area contributed by atoms with Crippen LogP contribution in [-0.2, 0) is 0 Å². The summed E-state index contributed by atoms with van der Waals surface area (Å²) in [6, 6.07) is 19.3. The van der Waals surface area contributed by atoms with Crippen LogP contribution < -0.4 is 10.6 Å². The smallest absolute Gasteiger partial charge is 0.0385 e. The Hall–Kier alpha value is -1.96. The molecule has 20 heavy (non-hydrogen) atoms. The van der Waals surface area contributed by atoms with Gasteiger partial charge < -0.3 is 10.6 Å². The summed E-state index contributed by atoms with van der Waals surface area (Å²) >= 11 is 0. The van der Waals surface area contributed by atoms with Crippen molar-refractivity contribution in [1.82, 2.24) is 0 Å². The van der Waals surface area contributed by atoms with Crippen LogP contribution in [0.2, 0.25) is 0 Å². The molecule has 0 amide bonds. The molecule has 0 aliphatic rings. The van der Waals surface area contributed by atoms with E-state index in [1.165, 1.54) is 24.9 Å². The second kappa shape index (κ2) is 7.59. The first-order valence-electron chi connectivity index (χ1n) is 7.46. The summed E-state index contributed by atoms with van der Waals surface area (Å²) < 4.78 is 0. The van der Waals surface area contributed by atoms with Crippen molar-refractivity contribution in [1.29, 1.82) is 0 Å². The lowest BCUT2D eigenvalue weighted by Gasteiger charge is -2.15. The molecule has 0 fully saturated rings. The molecule has 1 atom stereocenters. The van der Waals surface area contributed by atoms with Crippen molar-refractivity contribution in [2.45, 2.75) is 39.2 Å². The van der Waals surface area contributed by atoms with Crippen molar-refractivity contribution in [3.05, 3.63) is 54.6 Å². The summed E-state index contributed by atoms with van der Waals surface area (Å²) in [4.78, 5) is 0. The van der Waals surface area contributed by atoms with E-state index in [9.17, 15) is 0 Å². The van der Waals surface area contributed by atoms with Crippen molar-refractivity contribution in [3.8, 4) is 0 Å². The number of hydrogen-bond donors (Lipinski definition) is 2. The summed E-state index contributed by atoms with van der Waals surface area (Å²) in [7, 11) is 0. The Morgan fingerprint density at radius 2 is 1.45 bits per heavy atom. The molecule has 0 aliphatic carbocycles. The van der Waals surface area contributed by atoms with Gasteiger partial charge in [0.1, 0.15) is 0 Å². The van der Waals surface area contributed by atoms with E-state index in [4.69, 9.17) is 0 Å². The van der Waals surface area contributed by atoms with Crippen LogP contribution in [0.4, 0.5) is 17.1 Å². The highest BCUT2D eigenvalue weighted by Gasteiger charge is 2.01. The van der Waals surface area contributed by atoms with Crippen LogP contribution in [0.1, 0.15) is 33.1 Å². The highest BCUT2D eigenvalue weighted by atomic mass is 14.9. The van der Waals surface area contributed by atoms with Gasteiger partial charge in [0.25, 0.3) is 0 Å². The Balaban J connectivity index is 1.89. The van der Waals surface area contributed by atoms with Crippen LogP contribution >= 0.6 is 0 Å². The van der Waals surface area contributed by atoms with Gasteiger partial charge >= 0.3 is 0 Å². The fraction of sp³-hybridized carbons (Fsp3) is 0.333. The maximum atomic E-state index is 3.54. The van der Waals surface area contributed by atoms with Crippen LogP contribution in [0, 0.1) is 0 Å². The van der Waals surface area contributed by atoms with E-state index < -0.39 is 0 Å². The van der Waals surface area contributed by atoms with Crippen molar-refractivity contribution >= 4 is 17.1 Å². The molecule has 0 bridgehead atoms. The number of nitrogens with one attached hydrogen (secondary N) is 2. The van der Waals surface area contributed by atoms with E-state index in [-0.39, 0.29) is 0 Å². The SMILES string of the molecule is CCCCC(C)Nc1ccc(Nc2ccccc2)cc1. The normalized spacial score (nSPS) is 11.9. The lowest BCUT2D eigenvalue weighted by molar-refractivity contribution is 0.645. The fourth-order valence-corrected chi connectivity index (χ4v) is 2.20. The van der Waals surface area contributed by atoms with Gasteiger partial charge in [-0.15, -0.1) is 0 Å². The number of para-hydroxylation sites is 1. The molecule has 106 valence electrons. The second-order valence-electron chi connectivity index (χ2n) is 5.26. The Morgan fingerprint density at radius 1 is 0.850 bits per heavy atom. The van der Waals surface area contributed by atoms with Gasteiger partial charge in [-0.2, -0.15) is 0 Å². The van der Waals surface area contributed by atoms with Gasteiger partial charge in [0.2, 0.25) is 0 Å². The summed E-state index contributed by atoms with van der Waals surface area (Å²) in [6.45, 7) is 4.47. The van der Waals surface area contributed by atoms with Gasteiger partial charge in [0.05, 0.1) is 0 Å². The van der Waals surface area contributed by atoms with E-state index in [1.807, 2.05) is 18.2 Å². The predicted octanol–water partition coefficient (Wildman–Crippen LogP) is 5.42. The Kier molecular flexibility index (Phi) is 5.48. The Labute approximate surface area is 122 Å². The fourth-order valence-electron chi connectivity index (χ4n) is 2.20. The van der Waals surface area contributed by atoms with E-state index in [0.29, 0.717) is 6.04 Å². The molecule has 2 nitrogen and oxygen atoms in total. The molecular weight excluding hydrogens is 244 g/mol. The molecule has 2 N–H and O–H groups in total. The largest absolute Gasteiger partial charge is 0.383 e. The molecule has 2 aromatic carbocycles. The molecule has 0 saturated heterocycles. The first kappa shape index (κ1) is 14.4. The Morgan fingerprint density at radius 3 is 2.10 bits per heavy atom. The van der Waals surface area contributed by atoms with E-state index >= 15 is 0 Å². The standard InChI is InChI=1S/C18H24N2/c1-3-4-8-15(2)19-17-11-13-18(14-12-17)20-16-9-6-5-7-10-16/h5-7,9-15,19-20H,3-4,8H2,1-2H3. The molecule has 2 aromatic rings. The van der Waals surface area contributed by atoms with Crippen molar-refractivity contribution < 1.29 is 0 Å². The van der Waals surface area contributed by atoms with Crippen molar-refractivity contribution in [3.63, 3.8) is 0 Å². The van der Waals surface area contributed by atoms with E-state index in [1.54, 1.807) is 0 Å². The molecule has 0 heterocycles. The monoisotopic (exact) mass is 268 g/mol. The zero-order valence-electron chi connectivity index (χ0n) is 12.4. The molecule has 2 rings (SSSR count). The van der Waals surface area contributed by atoms with Gasteiger partial charge in [-0.05, 0) is 49.7 Å². The molecule has 2 heteroatoms. The minimum absolute atomic E-state index is 0.530. The summed E-state index contributed by atoms with van der Waals surface area (Å²) in [5.74, 6) is 0. The minimum atomic E-state index is 0.530. The first-order valence-corrected chi connectivity index (χ1v) is 7.46. The topological polar surface area (TPSA) is 24.1 Å². The number of rotatable bonds is 7. The lowest BCUT2D eigenvalue weighted by Crippen LogP contribution is -2.14. The van der Waals surface area contributed by atoms with Crippen LogP contribution in [0.15, 0.2) is 54.6 Å². The quantitative estimate of drug-likeness (QED) is 0.700. The van der Waals surface area contributed by atoms with Crippen LogP contribution in [0.25, 0.3) is 0 Å². The average Bonchev–Trinajstić information content (AvgIpc) is 2.48. The number of anilines is 3. The molecule has 0 radical (unpaired) electrons. The molecule has 0 spiro atoms. The van der Waals surface area contributed by atoms with Crippen LogP contribution in [0.5, 0.6) is 0 Å². The van der Waals surface area contributed by atoms with E-state index in [2.05, 4.69) is 60.9 Å². The molecule has 0 aliphatic heterocycles. The second-order valence-corrected chi connectivity index (χ2v) is 5.26. The van der Waals surface area contributed by atoms with Gasteiger partial charge in [-0.3, -0.25) is 0 Å². The zero-order valence-corrected chi connectivity index (χ0v) is 12.4. The molecule has 0 saturated carbocycles. The van der Waals surface area contributed by atoms with Crippen molar-refractivity contribution in [2.24, 2.45) is 0 Å². The first-order chi connectivity index (χ1) is 9.78.